The monoisotopic (exact) mass is 231 g/mol. The van der Waals surface area contributed by atoms with Crippen LogP contribution in [0, 0.1) is 0 Å². The first kappa shape index (κ1) is 12.8. The second-order valence-corrected chi connectivity index (χ2v) is 6.34. The van der Waals surface area contributed by atoms with E-state index >= 15 is 0 Å². The van der Waals surface area contributed by atoms with Crippen LogP contribution in [-0.2, 0) is 24.3 Å². The molecule has 0 aromatic heterocycles. The van der Waals surface area contributed by atoms with Crippen LogP contribution in [0.25, 0.3) is 0 Å². The van der Waals surface area contributed by atoms with E-state index in [1.807, 2.05) is 0 Å². The van der Waals surface area contributed by atoms with E-state index < -0.39 is 20.1 Å². The summed E-state index contributed by atoms with van der Waals surface area (Å²) in [6.45, 7) is -0.145. The van der Waals surface area contributed by atoms with E-state index in [9.17, 15) is 16.8 Å². The predicted molar refractivity (Wildman–Crippen MR) is 48.3 cm³/mol. The quantitative estimate of drug-likeness (QED) is 0.558. The third-order valence-corrected chi connectivity index (χ3v) is 3.18. The molecule has 0 aromatic rings. The van der Waals surface area contributed by atoms with E-state index in [4.69, 9.17) is 0 Å². The summed E-state index contributed by atoms with van der Waals surface area (Å²) in [5.74, 6) is 0. The fraction of sp³-hybridized carbons (Fsp3) is 1.00. The average molecular weight is 231 g/mol. The van der Waals surface area contributed by atoms with Crippen LogP contribution in [0.2, 0.25) is 0 Å². The standard InChI is InChI=1S/C5H13NO5S2/c1-6(12(2,7)8)4-5-11-13(3,9)10/h4-5H2,1-3H3. The van der Waals surface area contributed by atoms with Gasteiger partial charge in [-0.2, -0.15) is 8.42 Å². The minimum absolute atomic E-state index is 0.0197. The Morgan fingerprint density at radius 1 is 1.15 bits per heavy atom. The van der Waals surface area contributed by atoms with Gasteiger partial charge in [-0.15, -0.1) is 0 Å². The highest BCUT2D eigenvalue weighted by atomic mass is 32.2. The van der Waals surface area contributed by atoms with Gasteiger partial charge in [0.05, 0.1) is 19.1 Å². The minimum Gasteiger partial charge on any atom is -0.269 e. The van der Waals surface area contributed by atoms with Gasteiger partial charge in [0, 0.05) is 13.6 Å². The Morgan fingerprint density at radius 3 is 1.92 bits per heavy atom. The van der Waals surface area contributed by atoms with Gasteiger partial charge < -0.3 is 0 Å². The number of likely N-dealkylation sites (N-methyl/N-ethyl adjacent to an activating group) is 1. The molecule has 0 N–H and O–H groups in total. The molecule has 0 aromatic carbocycles. The number of hydrogen-bond donors (Lipinski definition) is 0. The van der Waals surface area contributed by atoms with Crippen LogP contribution in [0.4, 0.5) is 0 Å². The molecule has 0 saturated carbocycles. The number of sulfonamides is 1. The molecular formula is C5H13NO5S2. The van der Waals surface area contributed by atoms with Crippen LogP contribution < -0.4 is 0 Å². The molecule has 6 nitrogen and oxygen atoms in total. The maximum absolute atomic E-state index is 10.8. The Balaban J connectivity index is 3.94. The molecule has 0 aliphatic carbocycles. The molecule has 0 unspecified atom stereocenters. The number of hydrogen-bond acceptors (Lipinski definition) is 5. The van der Waals surface area contributed by atoms with Gasteiger partial charge in [0.25, 0.3) is 10.1 Å². The maximum atomic E-state index is 10.8. The lowest BCUT2D eigenvalue weighted by Crippen LogP contribution is -2.29. The van der Waals surface area contributed by atoms with Crippen LogP contribution in [0.1, 0.15) is 0 Å². The molecule has 0 saturated heterocycles. The lowest BCUT2D eigenvalue weighted by atomic mass is 10.7. The van der Waals surface area contributed by atoms with E-state index in [1.54, 1.807) is 0 Å². The fourth-order valence-electron chi connectivity index (χ4n) is 0.483. The van der Waals surface area contributed by atoms with Crippen molar-refractivity contribution in [1.82, 2.24) is 4.31 Å². The van der Waals surface area contributed by atoms with Gasteiger partial charge in [0.15, 0.2) is 0 Å². The minimum atomic E-state index is -3.49. The van der Waals surface area contributed by atoms with Crippen molar-refractivity contribution in [1.29, 1.82) is 0 Å². The predicted octanol–water partition coefficient (Wildman–Crippen LogP) is -1.15. The lowest BCUT2D eigenvalue weighted by molar-refractivity contribution is 0.293. The summed E-state index contributed by atoms with van der Waals surface area (Å²) in [5, 5.41) is 0. The second-order valence-electron chi connectivity index (χ2n) is 2.61. The third-order valence-electron chi connectivity index (χ3n) is 1.27. The van der Waals surface area contributed by atoms with Crippen molar-refractivity contribution in [3.05, 3.63) is 0 Å². The van der Waals surface area contributed by atoms with Gasteiger partial charge in [0.1, 0.15) is 0 Å². The van der Waals surface area contributed by atoms with E-state index in [1.165, 1.54) is 7.05 Å². The zero-order chi connectivity index (χ0) is 10.7. The lowest BCUT2D eigenvalue weighted by Gasteiger charge is -2.12. The van der Waals surface area contributed by atoms with Crippen molar-refractivity contribution in [2.45, 2.75) is 0 Å². The smallest absolute Gasteiger partial charge is 0.264 e. The van der Waals surface area contributed by atoms with Crippen LogP contribution in [-0.4, -0.2) is 53.9 Å². The summed E-state index contributed by atoms with van der Waals surface area (Å²) in [6, 6.07) is 0. The molecule has 13 heavy (non-hydrogen) atoms. The van der Waals surface area contributed by atoms with Crippen molar-refractivity contribution >= 4 is 20.1 Å². The van der Waals surface area contributed by atoms with Gasteiger partial charge >= 0.3 is 0 Å². The molecule has 0 spiro atoms. The van der Waals surface area contributed by atoms with Crippen LogP contribution >= 0.6 is 0 Å². The normalized spacial score (nSPS) is 13.5. The number of rotatable bonds is 5. The summed E-state index contributed by atoms with van der Waals surface area (Å²) >= 11 is 0. The Bertz CT molecular complexity index is 343. The van der Waals surface area contributed by atoms with Crippen molar-refractivity contribution in [3.8, 4) is 0 Å². The number of nitrogens with zero attached hydrogens (tertiary/aromatic N) is 1. The van der Waals surface area contributed by atoms with E-state index in [-0.39, 0.29) is 13.2 Å². The topological polar surface area (TPSA) is 80.8 Å². The first-order chi connectivity index (χ1) is 5.63. The van der Waals surface area contributed by atoms with Crippen LogP contribution in [0.3, 0.4) is 0 Å². The van der Waals surface area contributed by atoms with Crippen LogP contribution in [0.5, 0.6) is 0 Å². The molecule has 80 valence electrons. The van der Waals surface area contributed by atoms with Crippen molar-refractivity contribution in [3.63, 3.8) is 0 Å². The molecule has 0 fully saturated rings. The molecule has 0 aliphatic rings. The van der Waals surface area contributed by atoms with Crippen molar-refractivity contribution in [2.75, 3.05) is 32.7 Å². The van der Waals surface area contributed by atoms with Crippen LogP contribution in [0.15, 0.2) is 0 Å². The van der Waals surface area contributed by atoms with Gasteiger partial charge in [0.2, 0.25) is 10.0 Å². The Morgan fingerprint density at radius 2 is 1.62 bits per heavy atom. The molecule has 8 heteroatoms. The molecule has 0 bridgehead atoms. The van der Waals surface area contributed by atoms with E-state index in [0.29, 0.717) is 0 Å². The first-order valence-corrected chi connectivity index (χ1v) is 7.05. The molecule has 0 amide bonds. The Kier molecular flexibility index (Phi) is 4.30. The zero-order valence-electron chi connectivity index (χ0n) is 7.72. The molecule has 0 aliphatic heterocycles. The van der Waals surface area contributed by atoms with Gasteiger partial charge in [-0.3, -0.25) is 4.18 Å². The summed E-state index contributed by atoms with van der Waals surface area (Å²) in [4.78, 5) is 0. The fourth-order valence-corrected chi connectivity index (χ4v) is 1.27. The third kappa shape index (κ3) is 6.94. The largest absolute Gasteiger partial charge is 0.269 e. The highest BCUT2D eigenvalue weighted by Gasteiger charge is 2.11. The summed E-state index contributed by atoms with van der Waals surface area (Å²) in [6.07, 6.45) is 1.95. The van der Waals surface area contributed by atoms with E-state index in [2.05, 4.69) is 4.18 Å². The van der Waals surface area contributed by atoms with Crippen molar-refractivity contribution < 1.29 is 21.0 Å². The van der Waals surface area contributed by atoms with E-state index in [0.717, 1.165) is 16.8 Å². The second kappa shape index (κ2) is 4.36. The SMILES string of the molecule is CN(CCOS(C)(=O)=O)S(C)(=O)=O. The van der Waals surface area contributed by atoms with Gasteiger partial charge in [-0.25, -0.2) is 12.7 Å². The maximum Gasteiger partial charge on any atom is 0.264 e. The molecule has 0 rings (SSSR count). The molecule has 0 heterocycles. The Labute approximate surface area is 78.7 Å². The average Bonchev–Trinajstić information content (AvgIpc) is 1.82. The van der Waals surface area contributed by atoms with Gasteiger partial charge in [-0.1, -0.05) is 0 Å². The molecule has 0 radical (unpaired) electrons. The molecule has 0 atom stereocenters. The summed E-state index contributed by atoms with van der Waals surface area (Å²) in [7, 11) is -5.40. The van der Waals surface area contributed by atoms with Gasteiger partial charge in [-0.05, 0) is 0 Å². The highest BCUT2D eigenvalue weighted by Crippen LogP contribution is 1.93. The highest BCUT2D eigenvalue weighted by molar-refractivity contribution is 7.88. The Hall–Kier alpha value is -0.180. The summed E-state index contributed by atoms with van der Waals surface area (Å²) in [5.41, 5.74) is 0. The first-order valence-electron chi connectivity index (χ1n) is 3.38. The summed E-state index contributed by atoms with van der Waals surface area (Å²) < 4.78 is 47.9. The zero-order valence-corrected chi connectivity index (χ0v) is 9.35. The van der Waals surface area contributed by atoms with Crippen molar-refractivity contribution in [2.24, 2.45) is 0 Å². The molecular weight excluding hydrogens is 218 g/mol.